The fraction of sp³-hybridized carbons (Fsp3) is 0.333. The van der Waals surface area contributed by atoms with Crippen molar-refractivity contribution in [3.8, 4) is 0 Å². The van der Waals surface area contributed by atoms with Crippen molar-refractivity contribution in [2.45, 2.75) is 19.9 Å². The van der Waals surface area contributed by atoms with Gasteiger partial charge in [-0.25, -0.2) is 9.97 Å². The number of anilines is 2. The molecule has 0 amide bonds. The Hall–Kier alpha value is -2.04. The van der Waals surface area contributed by atoms with Gasteiger partial charge in [-0.05, 0) is 25.0 Å². The number of rotatable bonds is 5. The van der Waals surface area contributed by atoms with E-state index in [1.807, 2.05) is 25.5 Å². The van der Waals surface area contributed by atoms with Crippen LogP contribution < -0.4 is 11.1 Å². The minimum absolute atomic E-state index is 0.731. The molecule has 2 heterocycles. The topological polar surface area (TPSA) is 68.8 Å². The van der Waals surface area contributed by atoms with Crippen LogP contribution in [0.3, 0.4) is 0 Å². The lowest BCUT2D eigenvalue weighted by Crippen LogP contribution is -2.07. The lowest BCUT2D eigenvalue weighted by atomic mass is 10.2. The molecule has 90 valence electrons. The van der Waals surface area contributed by atoms with Gasteiger partial charge >= 0.3 is 0 Å². The fourth-order valence-electron chi connectivity index (χ4n) is 1.56. The summed E-state index contributed by atoms with van der Waals surface area (Å²) < 4.78 is 2.06. The summed E-state index contributed by atoms with van der Waals surface area (Å²) in [6, 6.07) is 1.96. The van der Waals surface area contributed by atoms with Crippen molar-refractivity contribution in [3.05, 3.63) is 36.5 Å². The van der Waals surface area contributed by atoms with E-state index in [1.54, 1.807) is 12.4 Å². The molecular weight excluding hydrogens is 214 g/mol. The highest BCUT2D eigenvalue weighted by Gasteiger charge is 1.97. The highest BCUT2D eigenvalue weighted by molar-refractivity contribution is 5.50. The first-order valence-electron chi connectivity index (χ1n) is 5.67. The van der Waals surface area contributed by atoms with Crippen LogP contribution in [0.2, 0.25) is 0 Å². The molecule has 0 aromatic carbocycles. The Morgan fingerprint density at radius 3 is 3.06 bits per heavy atom. The Bertz CT molecular complexity index is 464. The number of nitrogens with zero attached hydrogens (tertiary/aromatic N) is 3. The number of aryl methyl sites for hydroxylation is 2. The first-order valence-corrected chi connectivity index (χ1v) is 5.67. The lowest BCUT2D eigenvalue weighted by molar-refractivity contribution is 0.660. The molecule has 5 nitrogen and oxygen atoms in total. The quantitative estimate of drug-likeness (QED) is 0.768. The molecule has 0 atom stereocenters. The Morgan fingerprint density at radius 1 is 1.47 bits per heavy atom. The van der Waals surface area contributed by atoms with Gasteiger partial charge in [0.15, 0.2) is 0 Å². The zero-order chi connectivity index (χ0) is 12.1. The molecule has 0 saturated heterocycles. The molecule has 0 spiro atoms. The van der Waals surface area contributed by atoms with Crippen molar-refractivity contribution >= 4 is 11.5 Å². The summed E-state index contributed by atoms with van der Waals surface area (Å²) in [5.74, 6) is 0.877. The minimum atomic E-state index is 0.731. The van der Waals surface area contributed by atoms with Crippen molar-refractivity contribution in [2.75, 3.05) is 17.6 Å². The van der Waals surface area contributed by atoms with Crippen molar-refractivity contribution in [3.63, 3.8) is 0 Å². The second-order valence-corrected chi connectivity index (χ2v) is 4.01. The van der Waals surface area contributed by atoms with E-state index in [2.05, 4.69) is 19.9 Å². The molecule has 0 radical (unpaired) electrons. The summed E-state index contributed by atoms with van der Waals surface area (Å²) in [5, 5.41) is 3.27. The van der Waals surface area contributed by atoms with E-state index in [0.29, 0.717) is 0 Å². The SMILES string of the molecule is Cc1cc(NCCCn2ccnc2)ncc1N. The Labute approximate surface area is 101 Å². The number of hydrogen-bond acceptors (Lipinski definition) is 4. The molecule has 0 aliphatic rings. The van der Waals surface area contributed by atoms with Gasteiger partial charge in [0.05, 0.1) is 18.2 Å². The monoisotopic (exact) mass is 231 g/mol. The van der Waals surface area contributed by atoms with Gasteiger partial charge in [-0.3, -0.25) is 0 Å². The summed E-state index contributed by atoms with van der Waals surface area (Å²) in [6.45, 7) is 3.82. The number of imidazole rings is 1. The number of nitrogen functional groups attached to an aromatic ring is 1. The standard InChI is InChI=1S/C12H17N5/c1-10-7-12(16-8-11(10)13)15-3-2-5-17-6-4-14-9-17/h4,6-9H,2-3,5,13H2,1H3,(H,15,16). The summed E-state index contributed by atoms with van der Waals surface area (Å²) in [6.07, 6.45) is 8.30. The van der Waals surface area contributed by atoms with E-state index in [4.69, 9.17) is 5.73 Å². The highest BCUT2D eigenvalue weighted by Crippen LogP contribution is 2.12. The normalized spacial score (nSPS) is 10.4. The number of nitrogens with two attached hydrogens (primary N) is 1. The zero-order valence-electron chi connectivity index (χ0n) is 9.93. The van der Waals surface area contributed by atoms with Crippen molar-refractivity contribution < 1.29 is 0 Å². The van der Waals surface area contributed by atoms with E-state index < -0.39 is 0 Å². The van der Waals surface area contributed by atoms with Crippen molar-refractivity contribution in [2.24, 2.45) is 0 Å². The summed E-state index contributed by atoms with van der Waals surface area (Å²) in [7, 11) is 0. The van der Waals surface area contributed by atoms with Crippen LogP contribution in [0.25, 0.3) is 0 Å². The maximum absolute atomic E-state index is 5.71. The van der Waals surface area contributed by atoms with Crippen molar-refractivity contribution in [1.29, 1.82) is 0 Å². The van der Waals surface area contributed by atoms with Gasteiger partial charge < -0.3 is 15.6 Å². The Morgan fingerprint density at radius 2 is 2.35 bits per heavy atom. The zero-order valence-corrected chi connectivity index (χ0v) is 9.93. The number of hydrogen-bond donors (Lipinski definition) is 2. The third-order valence-electron chi connectivity index (χ3n) is 2.61. The van der Waals surface area contributed by atoms with Crippen LogP contribution in [0, 0.1) is 6.92 Å². The molecule has 0 unspecified atom stereocenters. The molecule has 5 heteroatoms. The van der Waals surface area contributed by atoms with Gasteiger partial charge in [-0.15, -0.1) is 0 Å². The maximum atomic E-state index is 5.71. The molecule has 0 saturated carbocycles. The van der Waals surface area contributed by atoms with Crippen LogP contribution in [0.15, 0.2) is 31.0 Å². The number of aromatic nitrogens is 3. The van der Waals surface area contributed by atoms with E-state index >= 15 is 0 Å². The van der Waals surface area contributed by atoms with Crippen LogP contribution in [0.4, 0.5) is 11.5 Å². The van der Waals surface area contributed by atoms with Crippen molar-refractivity contribution in [1.82, 2.24) is 14.5 Å². The van der Waals surface area contributed by atoms with Gasteiger partial charge in [-0.1, -0.05) is 0 Å². The predicted molar refractivity (Wildman–Crippen MR) is 68.7 cm³/mol. The van der Waals surface area contributed by atoms with Crippen LogP contribution in [-0.2, 0) is 6.54 Å². The molecule has 2 rings (SSSR count). The molecule has 2 aromatic heterocycles. The van der Waals surface area contributed by atoms with Crippen LogP contribution in [-0.4, -0.2) is 21.1 Å². The van der Waals surface area contributed by atoms with Gasteiger partial charge in [0.1, 0.15) is 5.82 Å². The smallest absolute Gasteiger partial charge is 0.126 e. The van der Waals surface area contributed by atoms with E-state index in [0.717, 1.165) is 36.6 Å². The third kappa shape index (κ3) is 3.21. The van der Waals surface area contributed by atoms with Gasteiger partial charge in [0.2, 0.25) is 0 Å². The fourth-order valence-corrected chi connectivity index (χ4v) is 1.56. The highest BCUT2D eigenvalue weighted by atomic mass is 15.0. The summed E-state index contributed by atoms with van der Waals surface area (Å²) in [5.41, 5.74) is 7.49. The second-order valence-electron chi connectivity index (χ2n) is 4.01. The van der Waals surface area contributed by atoms with Crippen LogP contribution in [0.1, 0.15) is 12.0 Å². The van der Waals surface area contributed by atoms with E-state index in [-0.39, 0.29) is 0 Å². The molecular formula is C12H17N5. The molecule has 17 heavy (non-hydrogen) atoms. The van der Waals surface area contributed by atoms with Crippen LogP contribution >= 0.6 is 0 Å². The molecule has 0 fully saturated rings. The molecule has 0 aliphatic carbocycles. The lowest BCUT2D eigenvalue weighted by Gasteiger charge is -2.07. The maximum Gasteiger partial charge on any atom is 0.126 e. The molecule has 3 N–H and O–H groups in total. The third-order valence-corrected chi connectivity index (χ3v) is 2.61. The number of nitrogens with one attached hydrogen (secondary N) is 1. The summed E-state index contributed by atoms with van der Waals surface area (Å²) >= 11 is 0. The Kier molecular flexibility index (Phi) is 3.59. The summed E-state index contributed by atoms with van der Waals surface area (Å²) in [4.78, 5) is 8.22. The molecule has 0 aliphatic heterocycles. The van der Waals surface area contributed by atoms with E-state index in [1.165, 1.54) is 0 Å². The largest absolute Gasteiger partial charge is 0.397 e. The van der Waals surface area contributed by atoms with Crippen LogP contribution in [0.5, 0.6) is 0 Å². The van der Waals surface area contributed by atoms with Gasteiger partial charge in [-0.2, -0.15) is 0 Å². The number of pyridine rings is 1. The predicted octanol–water partition coefficient (Wildman–Crippen LogP) is 1.67. The Balaban J connectivity index is 1.76. The molecule has 0 bridgehead atoms. The minimum Gasteiger partial charge on any atom is -0.397 e. The van der Waals surface area contributed by atoms with Gasteiger partial charge in [0, 0.05) is 25.5 Å². The van der Waals surface area contributed by atoms with Gasteiger partial charge in [0.25, 0.3) is 0 Å². The van der Waals surface area contributed by atoms with E-state index in [9.17, 15) is 0 Å². The molecule has 2 aromatic rings. The first kappa shape index (κ1) is 11.4. The first-order chi connectivity index (χ1) is 8.25. The average Bonchev–Trinajstić information content (AvgIpc) is 2.82. The second kappa shape index (κ2) is 5.34. The average molecular weight is 231 g/mol.